The third-order valence-corrected chi connectivity index (χ3v) is 2.35. The Bertz CT molecular complexity index is 573. The predicted molar refractivity (Wildman–Crippen MR) is 73.7 cm³/mol. The quantitative estimate of drug-likeness (QED) is 0.749. The molecule has 0 saturated heterocycles. The second-order valence-corrected chi connectivity index (χ2v) is 3.19. The number of allylic oxidation sites excluding steroid dienone is 1. The van der Waals surface area contributed by atoms with Crippen LogP contribution in [0.5, 0.6) is 0 Å². The molecule has 0 spiro atoms. The Morgan fingerprint density at radius 1 is 1.19 bits per heavy atom. The molecule has 1 heteroatoms. The molecule has 0 aliphatic carbocycles. The van der Waals surface area contributed by atoms with Gasteiger partial charge in [0.1, 0.15) is 0 Å². The van der Waals surface area contributed by atoms with Gasteiger partial charge in [-0.25, -0.2) is 0 Å². The number of aromatic amines is 1. The summed E-state index contributed by atoms with van der Waals surface area (Å²) in [5, 5.41) is 3.63. The van der Waals surface area contributed by atoms with E-state index >= 15 is 0 Å². The van der Waals surface area contributed by atoms with E-state index in [1.165, 1.54) is 16.1 Å². The standard InChI is InChI=1S/C13H13N.C2H6/c1-3-7-10-11-8-5-6-9-13(11)14-12(10)4-2;1-2/h3-9,14H,1H2,2H3;1-2H3/b10-7-,12-4+;. The third-order valence-electron chi connectivity index (χ3n) is 2.35. The molecule has 0 aliphatic heterocycles. The van der Waals surface area contributed by atoms with Crippen molar-refractivity contribution in [2.45, 2.75) is 20.8 Å². The van der Waals surface area contributed by atoms with Gasteiger partial charge in [-0.1, -0.05) is 56.9 Å². The molecule has 84 valence electrons. The van der Waals surface area contributed by atoms with Crippen molar-refractivity contribution in [3.63, 3.8) is 0 Å². The van der Waals surface area contributed by atoms with Crippen LogP contribution in [0.3, 0.4) is 0 Å². The van der Waals surface area contributed by atoms with Crippen LogP contribution < -0.4 is 10.6 Å². The van der Waals surface area contributed by atoms with Crippen LogP contribution in [0.1, 0.15) is 20.8 Å². The molecule has 0 radical (unpaired) electrons. The van der Waals surface area contributed by atoms with Gasteiger partial charge < -0.3 is 4.98 Å². The lowest BCUT2D eigenvalue weighted by molar-refractivity contribution is 1.35. The van der Waals surface area contributed by atoms with Gasteiger partial charge in [-0.2, -0.15) is 0 Å². The molecule has 1 nitrogen and oxygen atoms in total. The smallest absolute Gasteiger partial charge is 0.0464 e. The average molecular weight is 213 g/mol. The Kier molecular flexibility index (Phi) is 4.59. The van der Waals surface area contributed by atoms with Gasteiger partial charge in [0, 0.05) is 21.5 Å². The Balaban J connectivity index is 0.000000606. The molecule has 0 saturated carbocycles. The SMILES string of the molecule is C=C/C=c1\c(=C/C)[nH]c2ccccc12.CC. The largest absolute Gasteiger partial charge is 0.355 e. The van der Waals surface area contributed by atoms with Crippen LogP contribution in [0.4, 0.5) is 0 Å². The van der Waals surface area contributed by atoms with Crippen molar-refractivity contribution in [3.8, 4) is 0 Å². The van der Waals surface area contributed by atoms with Gasteiger partial charge in [0.2, 0.25) is 0 Å². The summed E-state index contributed by atoms with van der Waals surface area (Å²) >= 11 is 0. The van der Waals surface area contributed by atoms with Crippen molar-refractivity contribution in [1.82, 2.24) is 4.98 Å². The lowest BCUT2D eigenvalue weighted by Crippen LogP contribution is -2.21. The number of H-pyrrole nitrogens is 1. The van der Waals surface area contributed by atoms with Gasteiger partial charge in [-0.05, 0) is 13.0 Å². The molecule has 1 N–H and O–H groups in total. The molecule has 0 amide bonds. The van der Waals surface area contributed by atoms with Crippen LogP contribution in [0.25, 0.3) is 23.1 Å². The fourth-order valence-electron chi connectivity index (χ4n) is 1.71. The van der Waals surface area contributed by atoms with E-state index in [1.54, 1.807) is 0 Å². The molecule has 0 fully saturated rings. The molecule has 1 heterocycles. The Morgan fingerprint density at radius 3 is 2.50 bits per heavy atom. The van der Waals surface area contributed by atoms with E-state index in [0.717, 1.165) is 5.35 Å². The normalized spacial score (nSPS) is 12.4. The van der Waals surface area contributed by atoms with E-state index in [2.05, 4.69) is 35.8 Å². The zero-order chi connectivity index (χ0) is 12.0. The highest BCUT2D eigenvalue weighted by molar-refractivity contribution is 5.81. The summed E-state index contributed by atoms with van der Waals surface area (Å²) in [7, 11) is 0. The highest BCUT2D eigenvalue weighted by atomic mass is 14.7. The second-order valence-electron chi connectivity index (χ2n) is 3.19. The van der Waals surface area contributed by atoms with Crippen LogP contribution >= 0.6 is 0 Å². The number of nitrogens with one attached hydrogen (secondary N) is 1. The van der Waals surface area contributed by atoms with E-state index in [-0.39, 0.29) is 0 Å². The van der Waals surface area contributed by atoms with Crippen molar-refractivity contribution >= 4 is 23.1 Å². The first kappa shape index (κ1) is 12.3. The predicted octanol–water partition coefficient (Wildman–Crippen LogP) is 2.96. The first-order valence-corrected chi connectivity index (χ1v) is 5.72. The van der Waals surface area contributed by atoms with Gasteiger partial charge in [0.15, 0.2) is 0 Å². The number of para-hydroxylation sites is 1. The minimum Gasteiger partial charge on any atom is -0.355 e. The monoisotopic (exact) mass is 213 g/mol. The maximum Gasteiger partial charge on any atom is 0.0464 e. The van der Waals surface area contributed by atoms with Gasteiger partial charge in [-0.3, -0.25) is 0 Å². The topological polar surface area (TPSA) is 15.8 Å². The molecular formula is C15H19N. The zero-order valence-corrected chi connectivity index (χ0v) is 10.2. The number of hydrogen-bond acceptors (Lipinski definition) is 0. The first-order chi connectivity index (χ1) is 7.86. The maximum atomic E-state index is 3.73. The van der Waals surface area contributed by atoms with Crippen LogP contribution in [0.2, 0.25) is 0 Å². The summed E-state index contributed by atoms with van der Waals surface area (Å²) in [6, 6.07) is 8.29. The fourth-order valence-corrected chi connectivity index (χ4v) is 1.71. The van der Waals surface area contributed by atoms with Crippen molar-refractivity contribution < 1.29 is 0 Å². The Morgan fingerprint density at radius 2 is 1.88 bits per heavy atom. The van der Waals surface area contributed by atoms with Crippen LogP contribution in [-0.2, 0) is 0 Å². The summed E-state index contributed by atoms with van der Waals surface area (Å²) < 4.78 is 0. The summed E-state index contributed by atoms with van der Waals surface area (Å²) in [4.78, 5) is 3.36. The molecule has 0 unspecified atom stereocenters. The number of rotatable bonds is 1. The molecular weight excluding hydrogens is 194 g/mol. The van der Waals surface area contributed by atoms with Crippen molar-refractivity contribution in [2.24, 2.45) is 0 Å². The van der Waals surface area contributed by atoms with E-state index in [0.29, 0.717) is 0 Å². The molecule has 0 bridgehead atoms. The van der Waals surface area contributed by atoms with E-state index in [1.807, 2.05) is 39.0 Å². The average Bonchev–Trinajstić information content (AvgIpc) is 2.71. The highest BCUT2D eigenvalue weighted by Gasteiger charge is 1.96. The molecule has 2 rings (SSSR count). The molecule has 2 aromatic rings. The molecule has 0 aliphatic rings. The molecule has 0 atom stereocenters. The van der Waals surface area contributed by atoms with Gasteiger partial charge in [0.05, 0.1) is 0 Å². The Labute approximate surface area is 96.8 Å². The van der Waals surface area contributed by atoms with Crippen molar-refractivity contribution in [2.75, 3.05) is 0 Å². The summed E-state index contributed by atoms with van der Waals surface area (Å²) in [6.45, 7) is 9.77. The molecule has 1 aromatic carbocycles. The van der Waals surface area contributed by atoms with Crippen molar-refractivity contribution in [3.05, 3.63) is 47.5 Å². The van der Waals surface area contributed by atoms with Gasteiger partial charge in [-0.15, -0.1) is 0 Å². The van der Waals surface area contributed by atoms with E-state index in [4.69, 9.17) is 0 Å². The lowest BCUT2D eigenvalue weighted by Gasteiger charge is -1.85. The van der Waals surface area contributed by atoms with Crippen molar-refractivity contribution in [1.29, 1.82) is 0 Å². The summed E-state index contributed by atoms with van der Waals surface area (Å²) in [5.41, 5.74) is 1.17. The fraction of sp³-hybridized carbons (Fsp3) is 0.200. The molecule has 16 heavy (non-hydrogen) atoms. The zero-order valence-electron chi connectivity index (χ0n) is 10.2. The minimum atomic E-state index is 1.16. The molecule has 1 aromatic heterocycles. The lowest BCUT2D eigenvalue weighted by atomic mass is 10.2. The number of aromatic nitrogens is 1. The number of hydrogen-bond donors (Lipinski definition) is 1. The summed E-state index contributed by atoms with van der Waals surface area (Å²) in [6.07, 6.45) is 5.94. The van der Waals surface area contributed by atoms with Gasteiger partial charge in [0.25, 0.3) is 0 Å². The Hall–Kier alpha value is -1.76. The van der Waals surface area contributed by atoms with Gasteiger partial charge >= 0.3 is 0 Å². The summed E-state index contributed by atoms with van der Waals surface area (Å²) in [5.74, 6) is 0. The van der Waals surface area contributed by atoms with E-state index < -0.39 is 0 Å². The van der Waals surface area contributed by atoms with Crippen LogP contribution in [0, 0.1) is 0 Å². The van der Waals surface area contributed by atoms with E-state index in [9.17, 15) is 0 Å². The second kappa shape index (κ2) is 5.96. The van der Waals surface area contributed by atoms with Crippen LogP contribution in [0.15, 0.2) is 36.9 Å². The first-order valence-electron chi connectivity index (χ1n) is 5.72. The number of benzene rings is 1. The highest BCUT2D eigenvalue weighted by Crippen LogP contribution is 2.03. The minimum absolute atomic E-state index is 1.16. The third kappa shape index (κ3) is 2.25. The number of fused-ring (bicyclic) bond motifs is 1. The maximum absolute atomic E-state index is 3.73. The van der Waals surface area contributed by atoms with Crippen LogP contribution in [-0.4, -0.2) is 4.98 Å².